The molecule has 3 aromatic carbocycles. The van der Waals surface area contributed by atoms with Crippen molar-refractivity contribution >= 4 is 35.4 Å². The summed E-state index contributed by atoms with van der Waals surface area (Å²) in [6, 6.07) is 17.8. The lowest BCUT2D eigenvalue weighted by molar-refractivity contribution is -0.139. The number of thiocarbonyl (C=S) groups is 1. The van der Waals surface area contributed by atoms with E-state index in [4.69, 9.17) is 31.2 Å². The van der Waals surface area contributed by atoms with Gasteiger partial charge in [-0.2, -0.15) is 5.10 Å². The highest BCUT2D eigenvalue weighted by Gasteiger charge is 2.32. The van der Waals surface area contributed by atoms with Crippen LogP contribution >= 0.6 is 12.2 Å². The Hall–Kier alpha value is -4.97. The number of nitrogens with one attached hydrogen (secondary N) is 3. The van der Waals surface area contributed by atoms with Crippen LogP contribution in [0.5, 0.6) is 17.2 Å². The zero-order chi connectivity index (χ0) is 30.8. The molecule has 1 heterocycles. The van der Waals surface area contributed by atoms with E-state index < -0.39 is 17.9 Å². The minimum absolute atomic E-state index is 0.0378. The zero-order valence-electron chi connectivity index (χ0n) is 23.8. The second kappa shape index (κ2) is 14.8. The van der Waals surface area contributed by atoms with Crippen LogP contribution in [0.25, 0.3) is 0 Å². The average molecular weight is 607 g/mol. The maximum atomic E-state index is 13.9. The minimum atomic E-state index is -0.640. The van der Waals surface area contributed by atoms with E-state index in [0.717, 1.165) is 0 Å². The van der Waals surface area contributed by atoms with Gasteiger partial charge in [0.1, 0.15) is 18.2 Å². The summed E-state index contributed by atoms with van der Waals surface area (Å²) >= 11 is 5.30. The molecule has 1 aliphatic rings. The highest BCUT2D eigenvalue weighted by atomic mass is 32.1. The third-order valence-corrected chi connectivity index (χ3v) is 6.50. The normalized spacial score (nSPS) is 14.5. The van der Waals surface area contributed by atoms with Crippen LogP contribution in [0.2, 0.25) is 0 Å². The molecule has 3 aromatic rings. The van der Waals surface area contributed by atoms with Gasteiger partial charge in [0.2, 0.25) is 0 Å². The van der Waals surface area contributed by atoms with Gasteiger partial charge in [0.25, 0.3) is 5.91 Å². The van der Waals surface area contributed by atoms with Crippen molar-refractivity contribution in [3.63, 3.8) is 0 Å². The molecule has 43 heavy (non-hydrogen) atoms. The van der Waals surface area contributed by atoms with Crippen LogP contribution in [0.4, 0.5) is 4.39 Å². The Morgan fingerprint density at radius 2 is 1.81 bits per heavy atom. The number of nitrogens with zero attached hydrogens (tertiary/aromatic N) is 1. The Kier molecular flexibility index (Phi) is 10.6. The monoisotopic (exact) mass is 606 g/mol. The summed E-state index contributed by atoms with van der Waals surface area (Å²) in [5.74, 6) is -0.115. The fourth-order valence-electron chi connectivity index (χ4n) is 4.27. The number of esters is 1. The van der Waals surface area contributed by atoms with Gasteiger partial charge < -0.3 is 29.6 Å². The third kappa shape index (κ3) is 8.07. The first-order valence-corrected chi connectivity index (χ1v) is 13.7. The van der Waals surface area contributed by atoms with E-state index in [2.05, 4.69) is 21.2 Å². The summed E-state index contributed by atoms with van der Waals surface area (Å²) in [6.45, 7) is 3.38. The van der Waals surface area contributed by atoms with Gasteiger partial charge >= 0.3 is 5.97 Å². The molecule has 1 atom stereocenters. The summed E-state index contributed by atoms with van der Waals surface area (Å²) in [4.78, 5) is 25.2. The first-order chi connectivity index (χ1) is 20.8. The predicted octanol–water partition coefficient (Wildman–Crippen LogP) is 4.30. The molecular formula is C31H31FN4O6S. The first-order valence-electron chi connectivity index (χ1n) is 13.3. The van der Waals surface area contributed by atoms with E-state index in [1.165, 1.54) is 19.4 Å². The third-order valence-electron chi connectivity index (χ3n) is 6.28. The lowest BCUT2D eigenvalue weighted by atomic mass is 9.95. The molecule has 10 nitrogen and oxygen atoms in total. The van der Waals surface area contributed by atoms with Crippen molar-refractivity contribution in [2.75, 3.05) is 20.3 Å². The molecule has 0 radical (unpaired) electrons. The largest absolute Gasteiger partial charge is 0.493 e. The van der Waals surface area contributed by atoms with E-state index in [1.807, 2.05) is 0 Å². The number of halogens is 1. The average Bonchev–Trinajstić information content (AvgIpc) is 2.99. The summed E-state index contributed by atoms with van der Waals surface area (Å²) < 4.78 is 36.1. The molecule has 0 unspecified atom stereocenters. The molecule has 0 aromatic heterocycles. The highest BCUT2D eigenvalue weighted by Crippen LogP contribution is 2.33. The first kappa shape index (κ1) is 31.0. The number of para-hydroxylation sites is 1. The number of hydrazone groups is 1. The molecule has 1 aliphatic heterocycles. The van der Waals surface area contributed by atoms with Crippen LogP contribution in [0, 0.1) is 5.82 Å². The molecule has 0 spiro atoms. The highest BCUT2D eigenvalue weighted by molar-refractivity contribution is 7.80. The van der Waals surface area contributed by atoms with Crippen molar-refractivity contribution in [3.05, 3.63) is 101 Å². The van der Waals surface area contributed by atoms with Gasteiger partial charge in [-0.1, -0.05) is 36.4 Å². The van der Waals surface area contributed by atoms with Crippen molar-refractivity contribution in [2.24, 2.45) is 5.10 Å². The van der Waals surface area contributed by atoms with E-state index in [1.54, 1.807) is 74.5 Å². The van der Waals surface area contributed by atoms with Crippen molar-refractivity contribution in [3.8, 4) is 17.2 Å². The summed E-state index contributed by atoms with van der Waals surface area (Å²) in [6.07, 6.45) is 1.44. The van der Waals surface area contributed by atoms with Crippen LogP contribution in [-0.2, 0) is 20.9 Å². The van der Waals surface area contributed by atoms with Crippen LogP contribution < -0.4 is 30.3 Å². The van der Waals surface area contributed by atoms with Gasteiger partial charge in [-0.3, -0.25) is 4.79 Å². The Labute approximate surface area is 253 Å². The lowest BCUT2D eigenvalue weighted by Gasteiger charge is -2.30. The Bertz CT molecular complexity index is 1560. The number of amides is 1. The smallest absolute Gasteiger partial charge is 0.338 e. The number of hydrogen-bond donors (Lipinski definition) is 3. The topological polar surface area (TPSA) is 120 Å². The van der Waals surface area contributed by atoms with E-state index in [0.29, 0.717) is 50.3 Å². The van der Waals surface area contributed by atoms with Crippen LogP contribution in [0.1, 0.15) is 36.6 Å². The van der Waals surface area contributed by atoms with Gasteiger partial charge in [0.15, 0.2) is 23.2 Å². The number of carbonyl (C=O) groups is 2. The number of rotatable bonds is 12. The fraction of sp³-hybridized carbons (Fsp3) is 0.226. The molecule has 0 bridgehead atoms. The number of ether oxygens (including phenoxy) is 4. The Morgan fingerprint density at radius 3 is 2.58 bits per heavy atom. The predicted molar refractivity (Wildman–Crippen MR) is 162 cm³/mol. The minimum Gasteiger partial charge on any atom is -0.493 e. The van der Waals surface area contributed by atoms with Crippen LogP contribution in [0.15, 0.2) is 83.1 Å². The number of carbonyl (C=O) groups excluding carboxylic acids is 2. The molecule has 3 N–H and O–H groups in total. The second-order valence-corrected chi connectivity index (χ2v) is 9.61. The molecule has 0 aliphatic carbocycles. The molecule has 0 saturated heterocycles. The van der Waals surface area contributed by atoms with Gasteiger partial charge in [-0.05, 0) is 62.0 Å². The van der Waals surface area contributed by atoms with Crippen molar-refractivity contribution in [2.45, 2.75) is 26.5 Å². The van der Waals surface area contributed by atoms with Crippen molar-refractivity contribution in [1.82, 2.24) is 16.1 Å². The maximum absolute atomic E-state index is 13.9. The van der Waals surface area contributed by atoms with Gasteiger partial charge in [-0.25, -0.2) is 14.6 Å². The SMILES string of the molecule is CCOC(=O)C1=C(C)NC(=S)N[C@H]1c1ccccc1OCC(=O)NN=Cc1ccc(OCc2ccccc2F)c(OC)c1. The molecule has 4 rings (SSSR count). The Balaban J connectivity index is 1.37. The summed E-state index contributed by atoms with van der Waals surface area (Å²) in [5.41, 5.74) is 5.01. The molecule has 1 amide bonds. The van der Waals surface area contributed by atoms with E-state index >= 15 is 0 Å². The van der Waals surface area contributed by atoms with Gasteiger partial charge in [0.05, 0.1) is 31.5 Å². The van der Waals surface area contributed by atoms with Crippen LogP contribution in [-0.4, -0.2) is 43.5 Å². The molecule has 12 heteroatoms. The molecular weight excluding hydrogens is 575 g/mol. The quantitative estimate of drug-likeness (QED) is 0.120. The Morgan fingerprint density at radius 1 is 1.05 bits per heavy atom. The second-order valence-electron chi connectivity index (χ2n) is 9.20. The molecule has 224 valence electrons. The summed E-state index contributed by atoms with van der Waals surface area (Å²) in [5, 5.41) is 10.4. The van der Waals surface area contributed by atoms with Gasteiger partial charge in [0, 0.05) is 16.8 Å². The maximum Gasteiger partial charge on any atom is 0.338 e. The number of allylic oxidation sites excluding steroid dienone is 1. The van der Waals surface area contributed by atoms with E-state index in [-0.39, 0.29) is 25.6 Å². The molecule has 0 saturated carbocycles. The number of benzene rings is 3. The standard InChI is InChI=1S/C31H31FN4O6S/c1-4-40-30(38)28-19(2)34-31(43)35-29(28)22-10-6-8-12-24(22)42-18-27(37)36-33-16-20-13-14-25(26(15-20)39-3)41-17-21-9-5-7-11-23(21)32/h5-16,29H,4,17-18H2,1-3H3,(H,36,37)(H2,34,35,43)/t29-/m0/s1. The lowest BCUT2D eigenvalue weighted by Crippen LogP contribution is -2.45. The molecule has 0 fully saturated rings. The van der Waals surface area contributed by atoms with Crippen LogP contribution in [0.3, 0.4) is 0 Å². The number of hydrogen-bond acceptors (Lipinski definition) is 8. The van der Waals surface area contributed by atoms with E-state index in [9.17, 15) is 14.0 Å². The van der Waals surface area contributed by atoms with Crippen molar-refractivity contribution < 1.29 is 32.9 Å². The van der Waals surface area contributed by atoms with Crippen molar-refractivity contribution in [1.29, 1.82) is 0 Å². The number of methoxy groups -OCH3 is 1. The zero-order valence-corrected chi connectivity index (χ0v) is 24.6. The van der Waals surface area contributed by atoms with Gasteiger partial charge in [-0.15, -0.1) is 0 Å². The fourth-order valence-corrected chi connectivity index (χ4v) is 4.54. The summed E-state index contributed by atoms with van der Waals surface area (Å²) in [7, 11) is 1.49.